The van der Waals surface area contributed by atoms with Gasteiger partial charge in [0.1, 0.15) is 0 Å². The molecule has 0 bridgehead atoms. The Morgan fingerprint density at radius 3 is 2.21 bits per heavy atom. The summed E-state index contributed by atoms with van der Waals surface area (Å²) < 4.78 is 0. The number of carboxylic acid groups (broad SMARTS) is 1. The highest BCUT2D eigenvalue weighted by Gasteiger charge is 2.25. The van der Waals surface area contributed by atoms with Crippen molar-refractivity contribution >= 4 is 11.9 Å². The van der Waals surface area contributed by atoms with Crippen LogP contribution in [0.1, 0.15) is 20.8 Å². The van der Waals surface area contributed by atoms with Gasteiger partial charge in [-0.2, -0.15) is 0 Å². The van der Waals surface area contributed by atoms with Gasteiger partial charge in [-0.25, -0.2) is 0 Å². The highest BCUT2D eigenvalue weighted by atomic mass is 16.4. The van der Waals surface area contributed by atoms with E-state index in [0.717, 1.165) is 5.57 Å². The molecule has 4 heteroatoms. The molecule has 0 aliphatic heterocycles. The maximum atomic E-state index is 11.4. The molecule has 0 saturated carbocycles. The van der Waals surface area contributed by atoms with E-state index in [4.69, 9.17) is 5.11 Å². The van der Waals surface area contributed by atoms with Gasteiger partial charge in [-0.15, -0.1) is 0 Å². The Labute approximate surface area is 84.0 Å². The average molecular weight is 199 g/mol. The quantitative estimate of drug-likeness (QED) is 0.650. The Kier molecular flexibility index (Phi) is 4.91. The zero-order valence-corrected chi connectivity index (χ0v) is 8.83. The maximum Gasteiger partial charge on any atom is 0.307 e. The van der Waals surface area contributed by atoms with Crippen LogP contribution >= 0.6 is 0 Å². The van der Waals surface area contributed by atoms with Gasteiger partial charge in [0.25, 0.3) is 0 Å². The highest BCUT2D eigenvalue weighted by Crippen LogP contribution is 2.10. The Morgan fingerprint density at radius 2 is 1.86 bits per heavy atom. The Balaban J connectivity index is 4.11. The third-order valence-corrected chi connectivity index (χ3v) is 2.12. The van der Waals surface area contributed by atoms with Gasteiger partial charge in [0.2, 0.25) is 5.91 Å². The molecule has 0 aromatic heterocycles. The Hall–Kier alpha value is -1.32. The standard InChI is InChI=1S/C10H17NO3/c1-6(2)5-11-9(12)7(3)8(4)10(13)14/h7-8H,1,5H2,2-4H3,(H,11,12)(H,13,14). The van der Waals surface area contributed by atoms with Gasteiger partial charge in [-0.3, -0.25) is 9.59 Å². The molecule has 0 fully saturated rings. The minimum Gasteiger partial charge on any atom is -0.481 e. The van der Waals surface area contributed by atoms with E-state index in [1.165, 1.54) is 6.92 Å². The molecule has 2 N–H and O–H groups in total. The number of carbonyl (C=O) groups is 2. The lowest BCUT2D eigenvalue weighted by atomic mass is 9.95. The van der Waals surface area contributed by atoms with Crippen LogP contribution in [-0.2, 0) is 9.59 Å². The Morgan fingerprint density at radius 1 is 1.36 bits per heavy atom. The van der Waals surface area contributed by atoms with Crippen molar-refractivity contribution < 1.29 is 14.7 Å². The molecule has 0 rings (SSSR count). The number of amides is 1. The van der Waals surface area contributed by atoms with Crippen LogP contribution in [0.2, 0.25) is 0 Å². The predicted molar refractivity (Wildman–Crippen MR) is 53.8 cm³/mol. The summed E-state index contributed by atoms with van der Waals surface area (Å²) in [7, 11) is 0. The van der Waals surface area contributed by atoms with Crippen LogP contribution in [0, 0.1) is 11.8 Å². The lowest BCUT2D eigenvalue weighted by molar-refractivity contribution is -0.146. The van der Waals surface area contributed by atoms with Crippen LogP contribution in [0.4, 0.5) is 0 Å². The van der Waals surface area contributed by atoms with Crippen molar-refractivity contribution in [2.75, 3.05) is 6.54 Å². The fourth-order valence-electron chi connectivity index (χ4n) is 0.840. The zero-order valence-electron chi connectivity index (χ0n) is 8.83. The first-order chi connectivity index (χ1) is 6.36. The molecule has 0 aliphatic carbocycles. The molecule has 0 radical (unpaired) electrons. The molecule has 0 spiro atoms. The van der Waals surface area contributed by atoms with E-state index in [2.05, 4.69) is 11.9 Å². The molecular formula is C10H17NO3. The Bertz CT molecular complexity index is 248. The molecule has 0 aromatic carbocycles. The summed E-state index contributed by atoms with van der Waals surface area (Å²) in [5, 5.41) is 11.3. The van der Waals surface area contributed by atoms with Crippen molar-refractivity contribution in [1.82, 2.24) is 5.32 Å². The van der Waals surface area contributed by atoms with E-state index in [1.807, 2.05) is 0 Å². The molecule has 14 heavy (non-hydrogen) atoms. The number of hydrogen-bond acceptors (Lipinski definition) is 2. The average Bonchev–Trinajstić information content (AvgIpc) is 2.11. The number of carbonyl (C=O) groups excluding carboxylic acids is 1. The monoisotopic (exact) mass is 199 g/mol. The smallest absolute Gasteiger partial charge is 0.307 e. The zero-order chi connectivity index (χ0) is 11.3. The molecule has 80 valence electrons. The van der Waals surface area contributed by atoms with Gasteiger partial charge in [0.05, 0.1) is 5.92 Å². The van der Waals surface area contributed by atoms with E-state index >= 15 is 0 Å². The van der Waals surface area contributed by atoms with E-state index in [1.54, 1.807) is 13.8 Å². The first-order valence-electron chi connectivity index (χ1n) is 4.51. The lowest BCUT2D eigenvalue weighted by Crippen LogP contribution is -2.35. The normalized spacial score (nSPS) is 14.2. The summed E-state index contributed by atoms with van der Waals surface area (Å²) in [6.07, 6.45) is 0. The van der Waals surface area contributed by atoms with Crippen LogP contribution < -0.4 is 5.32 Å². The van der Waals surface area contributed by atoms with Crippen molar-refractivity contribution in [3.63, 3.8) is 0 Å². The van der Waals surface area contributed by atoms with E-state index in [9.17, 15) is 9.59 Å². The summed E-state index contributed by atoms with van der Waals surface area (Å²) in [6.45, 7) is 8.96. The molecule has 0 heterocycles. The summed E-state index contributed by atoms with van der Waals surface area (Å²) in [5.74, 6) is -2.39. The summed E-state index contributed by atoms with van der Waals surface area (Å²) >= 11 is 0. The SMILES string of the molecule is C=C(C)CNC(=O)C(C)C(C)C(=O)O. The minimum absolute atomic E-state index is 0.247. The first kappa shape index (κ1) is 12.7. The number of aliphatic carboxylic acids is 1. The van der Waals surface area contributed by atoms with E-state index in [0.29, 0.717) is 6.54 Å². The fourth-order valence-corrected chi connectivity index (χ4v) is 0.840. The van der Waals surface area contributed by atoms with Crippen molar-refractivity contribution in [2.45, 2.75) is 20.8 Å². The minimum atomic E-state index is -0.956. The van der Waals surface area contributed by atoms with Crippen LogP contribution in [0.5, 0.6) is 0 Å². The second-order valence-electron chi connectivity index (χ2n) is 3.59. The third kappa shape index (κ3) is 4.07. The number of carboxylic acids is 1. The second kappa shape index (κ2) is 5.42. The number of nitrogens with one attached hydrogen (secondary N) is 1. The third-order valence-electron chi connectivity index (χ3n) is 2.12. The van der Waals surface area contributed by atoms with Crippen molar-refractivity contribution in [2.24, 2.45) is 11.8 Å². The predicted octanol–water partition coefficient (Wildman–Crippen LogP) is 1.04. The van der Waals surface area contributed by atoms with Crippen LogP contribution in [0.25, 0.3) is 0 Å². The maximum absolute atomic E-state index is 11.4. The summed E-state index contributed by atoms with van der Waals surface area (Å²) in [5.41, 5.74) is 0.841. The van der Waals surface area contributed by atoms with E-state index < -0.39 is 17.8 Å². The van der Waals surface area contributed by atoms with Crippen molar-refractivity contribution in [3.05, 3.63) is 12.2 Å². The number of rotatable bonds is 5. The molecule has 2 atom stereocenters. The van der Waals surface area contributed by atoms with E-state index in [-0.39, 0.29) is 5.91 Å². The van der Waals surface area contributed by atoms with Gasteiger partial charge in [0.15, 0.2) is 0 Å². The summed E-state index contributed by atoms with van der Waals surface area (Å²) in [4.78, 5) is 22.0. The first-order valence-corrected chi connectivity index (χ1v) is 4.51. The fraction of sp³-hybridized carbons (Fsp3) is 0.600. The second-order valence-corrected chi connectivity index (χ2v) is 3.59. The molecule has 0 aromatic rings. The van der Waals surface area contributed by atoms with Gasteiger partial charge in [0, 0.05) is 12.5 Å². The van der Waals surface area contributed by atoms with Gasteiger partial charge >= 0.3 is 5.97 Å². The van der Waals surface area contributed by atoms with Crippen molar-refractivity contribution in [1.29, 1.82) is 0 Å². The molecular weight excluding hydrogens is 182 g/mol. The molecule has 2 unspecified atom stereocenters. The topological polar surface area (TPSA) is 66.4 Å². The number of hydrogen-bond donors (Lipinski definition) is 2. The highest BCUT2D eigenvalue weighted by molar-refractivity contribution is 5.84. The van der Waals surface area contributed by atoms with Gasteiger partial charge < -0.3 is 10.4 Å². The van der Waals surface area contributed by atoms with Gasteiger partial charge in [-0.05, 0) is 6.92 Å². The largest absolute Gasteiger partial charge is 0.481 e. The van der Waals surface area contributed by atoms with Crippen LogP contribution in [0.3, 0.4) is 0 Å². The molecule has 4 nitrogen and oxygen atoms in total. The molecule has 1 amide bonds. The molecule has 0 saturated heterocycles. The van der Waals surface area contributed by atoms with Gasteiger partial charge in [-0.1, -0.05) is 26.0 Å². The van der Waals surface area contributed by atoms with Crippen molar-refractivity contribution in [3.8, 4) is 0 Å². The molecule has 0 aliphatic rings. The summed E-state index contributed by atoms with van der Waals surface area (Å²) in [6, 6.07) is 0. The lowest BCUT2D eigenvalue weighted by Gasteiger charge is -2.15. The van der Waals surface area contributed by atoms with Crippen LogP contribution in [0.15, 0.2) is 12.2 Å². The van der Waals surface area contributed by atoms with Crippen LogP contribution in [-0.4, -0.2) is 23.5 Å².